The fourth-order valence-corrected chi connectivity index (χ4v) is 3.49. The first-order valence-electron chi connectivity index (χ1n) is 11.3. The number of hydrogen-bond donors (Lipinski definition) is 2. The van der Waals surface area contributed by atoms with Gasteiger partial charge in [0.15, 0.2) is 5.11 Å². The van der Waals surface area contributed by atoms with E-state index < -0.39 is 0 Å². The predicted octanol–water partition coefficient (Wildman–Crippen LogP) is 5.66. The second kappa shape index (κ2) is 12.0. The fourth-order valence-electron chi connectivity index (χ4n) is 3.28. The summed E-state index contributed by atoms with van der Waals surface area (Å²) in [7, 11) is 0. The minimum Gasteiger partial charge on any atom is -0.491 e. The van der Waals surface area contributed by atoms with E-state index in [1.54, 1.807) is 53.4 Å². The van der Waals surface area contributed by atoms with Crippen LogP contribution in [0, 0.1) is 0 Å². The molecule has 0 saturated heterocycles. The van der Waals surface area contributed by atoms with Crippen LogP contribution in [-0.4, -0.2) is 29.6 Å². The molecular formula is C27H29N3O3S. The molecule has 1 atom stereocenters. The number of carbonyl (C=O) groups excluding carboxylic acids is 2. The molecule has 0 heterocycles. The smallest absolute Gasteiger partial charge is 0.258 e. The third kappa shape index (κ3) is 6.65. The van der Waals surface area contributed by atoms with Crippen molar-refractivity contribution in [2.75, 3.05) is 16.8 Å². The van der Waals surface area contributed by atoms with Gasteiger partial charge >= 0.3 is 0 Å². The Hall–Kier alpha value is -3.71. The second-order valence-corrected chi connectivity index (χ2v) is 8.14. The van der Waals surface area contributed by atoms with E-state index in [1.165, 1.54) is 0 Å². The summed E-state index contributed by atoms with van der Waals surface area (Å²) in [6, 6.07) is 23.5. The SMILES string of the molecule is CCC(C)Oc1ccc(C(=O)NC(=S)Nc2cccc(C(=O)N(CC)c3ccccc3)c2)cc1. The molecule has 34 heavy (non-hydrogen) atoms. The van der Waals surface area contributed by atoms with Crippen LogP contribution in [-0.2, 0) is 0 Å². The standard InChI is InChI=1S/C27H29N3O3S/c1-4-19(3)33-24-16-14-20(15-17-24)25(31)29-27(34)28-22-11-9-10-21(18-22)26(32)30(5-2)23-12-7-6-8-13-23/h6-19H,4-5H2,1-3H3,(H2,28,29,31,34). The van der Waals surface area contributed by atoms with Gasteiger partial charge in [-0.3, -0.25) is 14.9 Å². The summed E-state index contributed by atoms with van der Waals surface area (Å²) < 4.78 is 5.74. The molecule has 7 heteroatoms. The minimum absolute atomic E-state index is 0.108. The Morgan fingerprint density at radius 3 is 2.29 bits per heavy atom. The van der Waals surface area contributed by atoms with Gasteiger partial charge in [-0.15, -0.1) is 0 Å². The first kappa shape index (κ1) is 24.9. The molecule has 0 fully saturated rings. The van der Waals surface area contributed by atoms with E-state index in [1.807, 2.05) is 44.2 Å². The number of nitrogens with one attached hydrogen (secondary N) is 2. The maximum atomic E-state index is 13.1. The van der Waals surface area contributed by atoms with Crippen LogP contribution in [0.2, 0.25) is 0 Å². The maximum absolute atomic E-state index is 13.1. The lowest BCUT2D eigenvalue weighted by atomic mass is 10.1. The first-order valence-corrected chi connectivity index (χ1v) is 11.7. The van der Waals surface area contributed by atoms with E-state index in [2.05, 4.69) is 17.6 Å². The number of nitrogens with zero attached hydrogens (tertiary/aromatic N) is 1. The lowest BCUT2D eigenvalue weighted by Gasteiger charge is -2.21. The Labute approximate surface area is 205 Å². The van der Waals surface area contributed by atoms with Crippen LogP contribution in [0.3, 0.4) is 0 Å². The van der Waals surface area contributed by atoms with Crippen LogP contribution in [0.1, 0.15) is 47.9 Å². The molecule has 0 bridgehead atoms. The van der Waals surface area contributed by atoms with Crippen LogP contribution in [0.15, 0.2) is 78.9 Å². The van der Waals surface area contributed by atoms with Gasteiger partial charge in [-0.05, 0) is 87.1 Å². The quantitative estimate of drug-likeness (QED) is 0.412. The van der Waals surface area contributed by atoms with Crippen LogP contribution in [0.25, 0.3) is 0 Å². The summed E-state index contributed by atoms with van der Waals surface area (Å²) in [5.74, 6) is 0.262. The Bertz CT molecular complexity index is 1130. The fraction of sp³-hybridized carbons (Fsp3) is 0.222. The summed E-state index contributed by atoms with van der Waals surface area (Å²) >= 11 is 5.31. The van der Waals surface area contributed by atoms with Crippen molar-refractivity contribution < 1.29 is 14.3 Å². The van der Waals surface area contributed by atoms with Crippen molar-refractivity contribution >= 4 is 40.5 Å². The van der Waals surface area contributed by atoms with E-state index in [0.29, 0.717) is 29.1 Å². The highest BCUT2D eigenvalue weighted by atomic mass is 32.1. The van der Waals surface area contributed by atoms with E-state index in [0.717, 1.165) is 12.1 Å². The molecule has 3 rings (SSSR count). The van der Waals surface area contributed by atoms with Crippen molar-refractivity contribution in [3.63, 3.8) is 0 Å². The molecule has 0 radical (unpaired) electrons. The Balaban J connectivity index is 1.62. The number of amides is 2. The van der Waals surface area contributed by atoms with Gasteiger partial charge in [-0.25, -0.2) is 0 Å². The zero-order valence-electron chi connectivity index (χ0n) is 19.6. The molecule has 0 spiro atoms. The molecule has 176 valence electrons. The van der Waals surface area contributed by atoms with Gasteiger partial charge in [0.05, 0.1) is 6.10 Å². The highest BCUT2D eigenvalue weighted by Gasteiger charge is 2.16. The van der Waals surface area contributed by atoms with Crippen LogP contribution < -0.4 is 20.3 Å². The molecule has 0 aliphatic rings. The normalized spacial score (nSPS) is 11.3. The zero-order valence-corrected chi connectivity index (χ0v) is 20.4. The Morgan fingerprint density at radius 2 is 1.65 bits per heavy atom. The van der Waals surface area contributed by atoms with Gasteiger partial charge in [0, 0.05) is 29.0 Å². The Kier molecular flexibility index (Phi) is 8.76. The molecule has 0 aliphatic carbocycles. The van der Waals surface area contributed by atoms with Crippen LogP contribution in [0.5, 0.6) is 5.75 Å². The lowest BCUT2D eigenvalue weighted by Crippen LogP contribution is -2.34. The molecule has 2 amide bonds. The number of thiocarbonyl (C=S) groups is 1. The maximum Gasteiger partial charge on any atom is 0.258 e. The third-order valence-electron chi connectivity index (χ3n) is 5.25. The average Bonchev–Trinajstić information content (AvgIpc) is 2.85. The van der Waals surface area contributed by atoms with Gasteiger partial charge in [-0.2, -0.15) is 0 Å². The molecule has 3 aromatic carbocycles. The van der Waals surface area contributed by atoms with E-state index in [-0.39, 0.29) is 23.0 Å². The largest absolute Gasteiger partial charge is 0.491 e. The molecule has 2 N–H and O–H groups in total. The molecule has 6 nitrogen and oxygen atoms in total. The van der Waals surface area contributed by atoms with Crippen molar-refractivity contribution in [3.05, 3.63) is 90.0 Å². The number of ether oxygens (including phenoxy) is 1. The minimum atomic E-state index is -0.332. The van der Waals surface area contributed by atoms with E-state index in [9.17, 15) is 9.59 Å². The predicted molar refractivity (Wildman–Crippen MR) is 141 cm³/mol. The lowest BCUT2D eigenvalue weighted by molar-refractivity contribution is 0.0973. The molecule has 1 unspecified atom stereocenters. The molecule has 3 aromatic rings. The summed E-state index contributed by atoms with van der Waals surface area (Å²) in [5, 5.41) is 5.80. The van der Waals surface area contributed by atoms with Gasteiger partial charge < -0.3 is 15.0 Å². The molecule has 0 aliphatic heterocycles. The van der Waals surface area contributed by atoms with Gasteiger partial charge in [0.2, 0.25) is 0 Å². The average molecular weight is 476 g/mol. The summed E-state index contributed by atoms with van der Waals surface area (Å²) in [5.41, 5.74) is 2.42. The monoisotopic (exact) mass is 475 g/mol. The number of hydrogen-bond acceptors (Lipinski definition) is 4. The van der Waals surface area contributed by atoms with Gasteiger partial charge in [-0.1, -0.05) is 31.2 Å². The summed E-state index contributed by atoms with van der Waals surface area (Å²) in [6.07, 6.45) is 1.01. The number of benzene rings is 3. The molecular weight excluding hydrogens is 446 g/mol. The van der Waals surface area contributed by atoms with Crippen LogP contribution >= 0.6 is 12.2 Å². The van der Waals surface area contributed by atoms with Crippen molar-refractivity contribution in [1.29, 1.82) is 0 Å². The highest BCUT2D eigenvalue weighted by Crippen LogP contribution is 2.19. The topological polar surface area (TPSA) is 70.7 Å². The number of anilines is 2. The summed E-state index contributed by atoms with van der Waals surface area (Å²) in [4.78, 5) is 27.3. The van der Waals surface area contributed by atoms with Crippen molar-refractivity contribution in [2.45, 2.75) is 33.3 Å². The van der Waals surface area contributed by atoms with Crippen molar-refractivity contribution in [3.8, 4) is 5.75 Å². The van der Waals surface area contributed by atoms with Crippen LogP contribution in [0.4, 0.5) is 11.4 Å². The number of para-hydroxylation sites is 1. The first-order chi connectivity index (χ1) is 16.4. The van der Waals surface area contributed by atoms with E-state index in [4.69, 9.17) is 17.0 Å². The van der Waals surface area contributed by atoms with Gasteiger partial charge in [0.25, 0.3) is 11.8 Å². The highest BCUT2D eigenvalue weighted by molar-refractivity contribution is 7.80. The van der Waals surface area contributed by atoms with Gasteiger partial charge in [0.1, 0.15) is 5.75 Å². The number of rotatable bonds is 8. The Morgan fingerprint density at radius 1 is 0.941 bits per heavy atom. The molecule has 0 saturated carbocycles. The third-order valence-corrected chi connectivity index (χ3v) is 5.46. The second-order valence-electron chi connectivity index (χ2n) is 7.74. The molecule has 0 aromatic heterocycles. The summed E-state index contributed by atoms with van der Waals surface area (Å²) in [6.45, 7) is 6.51. The number of carbonyl (C=O) groups is 2. The van der Waals surface area contributed by atoms with E-state index >= 15 is 0 Å². The van der Waals surface area contributed by atoms with Crippen molar-refractivity contribution in [2.24, 2.45) is 0 Å². The van der Waals surface area contributed by atoms with Crippen molar-refractivity contribution in [1.82, 2.24) is 5.32 Å². The zero-order chi connectivity index (χ0) is 24.5.